The van der Waals surface area contributed by atoms with Gasteiger partial charge in [-0.05, 0) is 32.2 Å². The molecule has 0 radical (unpaired) electrons. The summed E-state index contributed by atoms with van der Waals surface area (Å²) in [5.74, 6) is 1.26. The quantitative estimate of drug-likeness (QED) is 0.732. The maximum absolute atomic E-state index is 12.1. The zero-order chi connectivity index (χ0) is 12.3. The average Bonchev–Trinajstić information content (AvgIpc) is 2.82. The van der Waals surface area contributed by atoms with Crippen molar-refractivity contribution in [3.63, 3.8) is 0 Å². The third kappa shape index (κ3) is 2.85. The molecule has 1 amide bonds. The average molecular weight is 236 g/mol. The predicted octanol–water partition coefficient (Wildman–Crippen LogP) is 0.975. The maximum atomic E-state index is 12.1. The second kappa shape index (κ2) is 5.31. The number of carbonyl (C=O) groups is 1. The Morgan fingerprint density at radius 3 is 3.12 bits per heavy atom. The Balaban J connectivity index is 1.92. The Bertz CT molecular complexity index is 363. The van der Waals surface area contributed by atoms with Crippen LogP contribution in [0.5, 0.6) is 0 Å². The highest BCUT2D eigenvalue weighted by atomic mass is 16.2. The highest BCUT2D eigenvalue weighted by Crippen LogP contribution is 2.16. The van der Waals surface area contributed by atoms with Crippen molar-refractivity contribution in [3.8, 4) is 0 Å². The van der Waals surface area contributed by atoms with Crippen molar-refractivity contribution in [2.24, 2.45) is 5.92 Å². The first-order chi connectivity index (χ1) is 8.18. The van der Waals surface area contributed by atoms with Crippen LogP contribution in [0.2, 0.25) is 0 Å². The summed E-state index contributed by atoms with van der Waals surface area (Å²) >= 11 is 0. The lowest BCUT2D eigenvalue weighted by Gasteiger charge is -2.29. The highest BCUT2D eigenvalue weighted by Gasteiger charge is 2.28. The van der Waals surface area contributed by atoms with Crippen molar-refractivity contribution in [2.45, 2.75) is 38.8 Å². The number of H-pyrrole nitrogens is 1. The number of rotatable bonds is 3. The van der Waals surface area contributed by atoms with Gasteiger partial charge in [-0.3, -0.25) is 4.79 Å². The van der Waals surface area contributed by atoms with E-state index in [1.807, 2.05) is 6.92 Å². The number of nitrogens with zero attached hydrogens (tertiary/aromatic N) is 1. The van der Waals surface area contributed by atoms with E-state index in [4.69, 9.17) is 0 Å². The molecule has 1 fully saturated rings. The van der Waals surface area contributed by atoms with E-state index >= 15 is 0 Å². The van der Waals surface area contributed by atoms with Crippen LogP contribution < -0.4 is 10.6 Å². The summed E-state index contributed by atoms with van der Waals surface area (Å²) in [6, 6.07) is -0.144. The summed E-state index contributed by atoms with van der Waals surface area (Å²) in [5.41, 5.74) is 0. The van der Waals surface area contributed by atoms with Crippen molar-refractivity contribution >= 4 is 5.91 Å². The molecule has 5 nitrogen and oxygen atoms in total. The van der Waals surface area contributed by atoms with Gasteiger partial charge in [-0.25, -0.2) is 4.98 Å². The molecule has 3 atom stereocenters. The number of aromatic amines is 1. The molecule has 3 unspecified atom stereocenters. The highest BCUT2D eigenvalue weighted by molar-refractivity contribution is 5.82. The minimum Gasteiger partial charge on any atom is -0.347 e. The number of imidazole rings is 1. The van der Waals surface area contributed by atoms with E-state index in [0.717, 1.165) is 25.2 Å². The first-order valence-corrected chi connectivity index (χ1v) is 6.21. The number of amides is 1. The SMILES string of the molecule is CC(NC(=O)C1NCCCC1C)c1ncc[nH]1. The van der Waals surface area contributed by atoms with E-state index in [-0.39, 0.29) is 18.0 Å². The van der Waals surface area contributed by atoms with Crippen molar-refractivity contribution in [1.82, 2.24) is 20.6 Å². The number of hydrogen-bond donors (Lipinski definition) is 3. The lowest BCUT2D eigenvalue weighted by Crippen LogP contribution is -2.51. The molecule has 0 aromatic carbocycles. The van der Waals surface area contributed by atoms with Crippen LogP contribution in [0.3, 0.4) is 0 Å². The van der Waals surface area contributed by atoms with E-state index in [1.165, 1.54) is 0 Å². The number of nitrogens with one attached hydrogen (secondary N) is 3. The standard InChI is InChI=1S/C12H20N4O/c1-8-4-3-5-13-10(8)12(17)16-9(2)11-14-6-7-15-11/h6-10,13H,3-5H2,1-2H3,(H,14,15)(H,16,17). The summed E-state index contributed by atoms with van der Waals surface area (Å²) in [6.45, 7) is 4.98. The monoisotopic (exact) mass is 236 g/mol. The molecular weight excluding hydrogens is 216 g/mol. The van der Waals surface area contributed by atoms with Gasteiger partial charge in [0.15, 0.2) is 0 Å². The molecule has 1 saturated heterocycles. The van der Waals surface area contributed by atoms with Crippen LogP contribution in [0, 0.1) is 5.92 Å². The summed E-state index contributed by atoms with van der Waals surface area (Å²) in [7, 11) is 0. The molecule has 2 heterocycles. The van der Waals surface area contributed by atoms with E-state index in [0.29, 0.717) is 5.92 Å². The molecule has 5 heteroatoms. The minimum atomic E-state index is -0.0755. The molecule has 1 aliphatic heterocycles. The molecule has 0 saturated carbocycles. The van der Waals surface area contributed by atoms with Crippen LogP contribution in [0.25, 0.3) is 0 Å². The third-order valence-electron chi connectivity index (χ3n) is 3.34. The Labute approximate surface area is 101 Å². The second-order valence-corrected chi connectivity index (χ2v) is 4.76. The third-order valence-corrected chi connectivity index (χ3v) is 3.34. The second-order valence-electron chi connectivity index (χ2n) is 4.76. The number of piperidine rings is 1. The zero-order valence-electron chi connectivity index (χ0n) is 10.4. The summed E-state index contributed by atoms with van der Waals surface area (Å²) in [6.07, 6.45) is 5.72. The zero-order valence-corrected chi connectivity index (χ0v) is 10.4. The number of carbonyl (C=O) groups excluding carboxylic acids is 1. The maximum Gasteiger partial charge on any atom is 0.237 e. The molecule has 1 aliphatic rings. The molecule has 0 bridgehead atoms. The van der Waals surface area contributed by atoms with Crippen LogP contribution in [0.1, 0.15) is 38.6 Å². The minimum absolute atomic E-state index is 0.0684. The molecular formula is C12H20N4O. The van der Waals surface area contributed by atoms with Gasteiger partial charge in [0.1, 0.15) is 5.82 Å². The first kappa shape index (κ1) is 12.1. The Morgan fingerprint density at radius 1 is 1.65 bits per heavy atom. The number of aromatic nitrogens is 2. The fourth-order valence-electron chi connectivity index (χ4n) is 2.29. The Morgan fingerprint density at radius 2 is 2.47 bits per heavy atom. The lowest BCUT2D eigenvalue weighted by molar-refractivity contribution is -0.125. The summed E-state index contributed by atoms with van der Waals surface area (Å²) < 4.78 is 0. The van der Waals surface area contributed by atoms with Gasteiger partial charge in [0.2, 0.25) is 5.91 Å². The molecule has 1 aromatic heterocycles. The van der Waals surface area contributed by atoms with Gasteiger partial charge in [0.05, 0.1) is 12.1 Å². The van der Waals surface area contributed by atoms with Crippen LogP contribution >= 0.6 is 0 Å². The van der Waals surface area contributed by atoms with Crippen LogP contribution in [-0.2, 0) is 4.79 Å². The summed E-state index contributed by atoms with van der Waals surface area (Å²) in [5, 5.41) is 6.26. The van der Waals surface area contributed by atoms with Gasteiger partial charge in [0.25, 0.3) is 0 Å². The van der Waals surface area contributed by atoms with Gasteiger partial charge >= 0.3 is 0 Å². The topological polar surface area (TPSA) is 69.8 Å². The van der Waals surface area contributed by atoms with E-state index in [2.05, 4.69) is 27.5 Å². The van der Waals surface area contributed by atoms with Crippen LogP contribution in [-0.4, -0.2) is 28.5 Å². The van der Waals surface area contributed by atoms with Gasteiger partial charge in [-0.2, -0.15) is 0 Å². The number of hydrogen-bond acceptors (Lipinski definition) is 3. The molecule has 1 aromatic rings. The van der Waals surface area contributed by atoms with Crippen molar-refractivity contribution in [3.05, 3.63) is 18.2 Å². The van der Waals surface area contributed by atoms with E-state index < -0.39 is 0 Å². The largest absolute Gasteiger partial charge is 0.347 e. The fraction of sp³-hybridized carbons (Fsp3) is 0.667. The fourth-order valence-corrected chi connectivity index (χ4v) is 2.29. The smallest absolute Gasteiger partial charge is 0.237 e. The van der Waals surface area contributed by atoms with Gasteiger partial charge < -0.3 is 15.6 Å². The van der Waals surface area contributed by atoms with Crippen LogP contribution in [0.15, 0.2) is 12.4 Å². The van der Waals surface area contributed by atoms with Crippen molar-refractivity contribution in [2.75, 3.05) is 6.54 Å². The van der Waals surface area contributed by atoms with E-state index in [1.54, 1.807) is 12.4 Å². The molecule has 3 N–H and O–H groups in total. The van der Waals surface area contributed by atoms with Gasteiger partial charge in [0, 0.05) is 12.4 Å². The molecule has 0 spiro atoms. The molecule has 0 aliphatic carbocycles. The predicted molar refractivity (Wildman–Crippen MR) is 65.3 cm³/mol. The Hall–Kier alpha value is -1.36. The van der Waals surface area contributed by atoms with Gasteiger partial charge in [-0.1, -0.05) is 6.92 Å². The first-order valence-electron chi connectivity index (χ1n) is 6.21. The van der Waals surface area contributed by atoms with Crippen molar-refractivity contribution < 1.29 is 4.79 Å². The van der Waals surface area contributed by atoms with Crippen molar-refractivity contribution in [1.29, 1.82) is 0 Å². The van der Waals surface area contributed by atoms with Crippen LogP contribution in [0.4, 0.5) is 0 Å². The van der Waals surface area contributed by atoms with Gasteiger partial charge in [-0.15, -0.1) is 0 Å². The Kier molecular flexibility index (Phi) is 3.78. The van der Waals surface area contributed by atoms with E-state index in [9.17, 15) is 4.79 Å². The summed E-state index contributed by atoms with van der Waals surface area (Å²) in [4.78, 5) is 19.3. The molecule has 94 valence electrons. The molecule has 17 heavy (non-hydrogen) atoms. The lowest BCUT2D eigenvalue weighted by atomic mass is 9.92. The normalized spacial score (nSPS) is 26.5. The molecule has 2 rings (SSSR count).